The van der Waals surface area contributed by atoms with Gasteiger partial charge in [0.25, 0.3) is 0 Å². The van der Waals surface area contributed by atoms with Crippen molar-refractivity contribution in [2.24, 2.45) is 0 Å². The molecule has 26 heavy (non-hydrogen) atoms. The lowest BCUT2D eigenvalue weighted by atomic mass is 10.2. The van der Waals surface area contributed by atoms with E-state index in [0.717, 1.165) is 15.0 Å². The summed E-state index contributed by atoms with van der Waals surface area (Å²) in [4.78, 5) is 0. The second-order valence-electron chi connectivity index (χ2n) is 5.42. The Labute approximate surface area is 159 Å². The van der Waals surface area contributed by atoms with Crippen LogP contribution in [0.5, 0.6) is 5.75 Å². The van der Waals surface area contributed by atoms with Gasteiger partial charge in [0.2, 0.25) is 5.13 Å². The number of benzene rings is 2. The van der Waals surface area contributed by atoms with Crippen LogP contribution in [0.1, 0.15) is 5.56 Å². The molecule has 3 aromatic rings. The Morgan fingerprint density at radius 2 is 1.88 bits per heavy atom. The number of nitrogens with one attached hydrogen (secondary N) is 1. The van der Waals surface area contributed by atoms with Crippen molar-refractivity contribution in [2.45, 2.75) is 17.0 Å². The molecular weight excluding hydrogens is 373 g/mol. The fourth-order valence-electron chi connectivity index (χ4n) is 2.08. The van der Waals surface area contributed by atoms with Crippen LogP contribution in [0.15, 0.2) is 58.9 Å². The molecule has 5 nitrogen and oxygen atoms in total. The summed E-state index contributed by atoms with van der Waals surface area (Å²) in [5, 5.41) is 22.1. The summed E-state index contributed by atoms with van der Waals surface area (Å²) >= 11 is 2.82. The molecule has 0 bridgehead atoms. The van der Waals surface area contributed by atoms with Crippen molar-refractivity contribution >= 4 is 28.2 Å². The van der Waals surface area contributed by atoms with Crippen LogP contribution in [0.25, 0.3) is 0 Å². The van der Waals surface area contributed by atoms with Crippen LogP contribution < -0.4 is 10.1 Å². The predicted molar refractivity (Wildman–Crippen MR) is 102 cm³/mol. The number of aliphatic hydroxyl groups is 1. The van der Waals surface area contributed by atoms with Crippen LogP contribution in [0.4, 0.5) is 9.52 Å². The highest BCUT2D eigenvalue weighted by atomic mass is 32.2. The first-order valence-electron chi connectivity index (χ1n) is 8.00. The van der Waals surface area contributed by atoms with Crippen molar-refractivity contribution < 1.29 is 14.2 Å². The predicted octanol–water partition coefficient (Wildman–Crippen LogP) is 3.82. The lowest BCUT2D eigenvalue weighted by Crippen LogP contribution is -2.20. The maximum Gasteiger partial charge on any atom is 0.206 e. The van der Waals surface area contributed by atoms with E-state index in [1.165, 1.54) is 35.2 Å². The smallest absolute Gasteiger partial charge is 0.206 e. The molecule has 136 valence electrons. The number of ether oxygens (including phenoxy) is 1. The summed E-state index contributed by atoms with van der Waals surface area (Å²) in [5.74, 6) is 0.0902. The van der Waals surface area contributed by atoms with E-state index in [1.807, 2.05) is 30.3 Å². The number of hydrogen-bond acceptors (Lipinski definition) is 7. The second-order valence-corrected chi connectivity index (χ2v) is 7.66. The quantitative estimate of drug-likeness (QED) is 0.541. The van der Waals surface area contributed by atoms with Gasteiger partial charge in [-0.15, -0.1) is 10.2 Å². The minimum absolute atomic E-state index is 0.0197. The number of aromatic nitrogens is 2. The monoisotopic (exact) mass is 391 g/mol. The third-order valence-electron chi connectivity index (χ3n) is 3.36. The minimum atomic E-state index is -0.732. The minimum Gasteiger partial charge on any atom is -0.488 e. The van der Waals surface area contributed by atoms with E-state index in [9.17, 15) is 9.50 Å². The number of aliphatic hydroxyl groups excluding tert-OH is 1. The molecule has 0 unspecified atom stereocenters. The largest absolute Gasteiger partial charge is 0.488 e. The van der Waals surface area contributed by atoms with Crippen molar-refractivity contribution in [3.05, 3.63) is 66.0 Å². The van der Waals surface area contributed by atoms with Gasteiger partial charge in [0.15, 0.2) is 15.9 Å². The van der Waals surface area contributed by atoms with E-state index in [4.69, 9.17) is 4.74 Å². The summed E-state index contributed by atoms with van der Waals surface area (Å²) in [5.41, 5.74) is 1.16. The Kier molecular flexibility index (Phi) is 6.82. The molecule has 2 N–H and O–H groups in total. The van der Waals surface area contributed by atoms with Crippen LogP contribution in [0, 0.1) is 5.82 Å². The summed E-state index contributed by atoms with van der Waals surface area (Å²) in [7, 11) is 0. The van der Waals surface area contributed by atoms with Gasteiger partial charge in [-0.25, -0.2) is 4.39 Å². The molecule has 1 atom stereocenters. The topological polar surface area (TPSA) is 67.3 Å². The summed E-state index contributed by atoms with van der Waals surface area (Å²) in [6.45, 7) is 0.700. The molecule has 0 spiro atoms. The lowest BCUT2D eigenvalue weighted by molar-refractivity contribution is 0.123. The SMILES string of the molecule is O[C@@H](COc1ccccc1F)CSc1nnc(NCc2ccccc2)s1. The van der Waals surface area contributed by atoms with Crippen LogP contribution >= 0.6 is 23.1 Å². The zero-order valence-corrected chi connectivity index (χ0v) is 15.5. The van der Waals surface area contributed by atoms with E-state index in [2.05, 4.69) is 15.5 Å². The van der Waals surface area contributed by atoms with Crippen molar-refractivity contribution in [2.75, 3.05) is 17.7 Å². The molecule has 0 saturated carbocycles. The van der Waals surface area contributed by atoms with Gasteiger partial charge < -0.3 is 15.2 Å². The van der Waals surface area contributed by atoms with Crippen LogP contribution in [-0.4, -0.2) is 33.8 Å². The third kappa shape index (κ3) is 5.69. The zero-order valence-electron chi connectivity index (χ0n) is 13.8. The van der Waals surface area contributed by atoms with E-state index in [1.54, 1.807) is 12.1 Å². The maximum atomic E-state index is 13.5. The van der Waals surface area contributed by atoms with Crippen LogP contribution in [0.3, 0.4) is 0 Å². The van der Waals surface area contributed by atoms with Crippen molar-refractivity contribution in [3.8, 4) is 5.75 Å². The second kappa shape index (κ2) is 9.51. The third-order valence-corrected chi connectivity index (χ3v) is 5.52. The highest BCUT2D eigenvalue weighted by Gasteiger charge is 2.11. The molecular formula is C18H18FN3O2S2. The van der Waals surface area contributed by atoms with E-state index < -0.39 is 11.9 Å². The van der Waals surface area contributed by atoms with Crippen molar-refractivity contribution in [1.29, 1.82) is 0 Å². The number of para-hydroxylation sites is 1. The van der Waals surface area contributed by atoms with E-state index in [0.29, 0.717) is 12.3 Å². The lowest BCUT2D eigenvalue weighted by Gasteiger charge is -2.11. The molecule has 0 aliphatic carbocycles. The van der Waals surface area contributed by atoms with Crippen LogP contribution in [0.2, 0.25) is 0 Å². The van der Waals surface area contributed by atoms with Crippen molar-refractivity contribution in [1.82, 2.24) is 10.2 Å². The number of halogens is 1. The molecule has 2 aromatic carbocycles. The normalized spacial score (nSPS) is 11.9. The summed E-state index contributed by atoms with van der Waals surface area (Å²) in [6, 6.07) is 16.2. The molecule has 8 heteroatoms. The van der Waals surface area contributed by atoms with Gasteiger partial charge in [0, 0.05) is 12.3 Å². The van der Waals surface area contributed by atoms with Gasteiger partial charge in [-0.05, 0) is 17.7 Å². The Morgan fingerprint density at radius 3 is 2.69 bits per heavy atom. The Morgan fingerprint density at radius 1 is 1.12 bits per heavy atom. The van der Waals surface area contributed by atoms with Crippen LogP contribution in [-0.2, 0) is 6.54 Å². The van der Waals surface area contributed by atoms with Gasteiger partial charge in [0.05, 0.1) is 6.10 Å². The number of thioether (sulfide) groups is 1. The average Bonchev–Trinajstić information content (AvgIpc) is 3.13. The number of nitrogens with zero attached hydrogens (tertiary/aromatic N) is 2. The molecule has 3 rings (SSSR count). The first-order valence-corrected chi connectivity index (χ1v) is 9.80. The molecule has 1 heterocycles. The highest BCUT2D eigenvalue weighted by Crippen LogP contribution is 2.26. The molecule has 0 radical (unpaired) electrons. The van der Waals surface area contributed by atoms with E-state index in [-0.39, 0.29) is 12.4 Å². The van der Waals surface area contributed by atoms with Gasteiger partial charge in [0.1, 0.15) is 6.61 Å². The Bertz CT molecular complexity index is 817. The van der Waals surface area contributed by atoms with E-state index >= 15 is 0 Å². The number of anilines is 1. The number of rotatable bonds is 9. The maximum absolute atomic E-state index is 13.5. The molecule has 0 saturated heterocycles. The van der Waals surface area contributed by atoms with Crippen molar-refractivity contribution in [3.63, 3.8) is 0 Å². The fourth-order valence-corrected chi connectivity index (χ4v) is 3.76. The summed E-state index contributed by atoms with van der Waals surface area (Å²) in [6.07, 6.45) is -0.732. The van der Waals surface area contributed by atoms with Gasteiger partial charge >= 0.3 is 0 Å². The average molecular weight is 391 g/mol. The molecule has 0 aliphatic heterocycles. The Balaban J connectivity index is 1.40. The van der Waals surface area contributed by atoms with Gasteiger partial charge in [-0.3, -0.25) is 0 Å². The summed E-state index contributed by atoms with van der Waals surface area (Å²) < 4.78 is 19.5. The molecule has 0 aliphatic rings. The molecule has 0 fully saturated rings. The Hall–Kier alpha value is -2.16. The molecule has 0 amide bonds. The van der Waals surface area contributed by atoms with Gasteiger partial charge in [-0.2, -0.15) is 0 Å². The first kappa shape index (κ1) is 18.6. The highest BCUT2D eigenvalue weighted by molar-refractivity contribution is 8.01. The molecule has 1 aromatic heterocycles. The van der Waals surface area contributed by atoms with Gasteiger partial charge in [-0.1, -0.05) is 65.6 Å². The standard InChI is InChI=1S/C18H18FN3O2S2/c19-15-8-4-5-9-16(15)24-11-14(23)12-25-18-22-21-17(26-18)20-10-13-6-2-1-3-7-13/h1-9,14,23H,10-12H2,(H,20,21)/t14-/m0/s1. The zero-order chi connectivity index (χ0) is 18.2. The number of hydrogen-bond donors (Lipinski definition) is 2. The fraction of sp³-hybridized carbons (Fsp3) is 0.222. The first-order chi connectivity index (χ1) is 12.7.